The Morgan fingerprint density at radius 2 is 2.18 bits per heavy atom. The maximum absolute atomic E-state index is 10.3. The van der Waals surface area contributed by atoms with Crippen LogP contribution in [0.25, 0.3) is 0 Å². The standard InChI is InChI=1S/C20H29NO/c1-2-3-6-14-11-15(22)12-18-16(14)13-19-17-7-4-5-8-20(17,18)9-10-21-19/h11-12,17,19,21-22H,2-10,13H2,1H3/t17-,19+,20+/m0/s1. The molecular weight excluding hydrogens is 270 g/mol. The first-order valence-electron chi connectivity index (χ1n) is 9.33. The zero-order valence-electron chi connectivity index (χ0n) is 13.8. The summed E-state index contributed by atoms with van der Waals surface area (Å²) in [6.07, 6.45) is 11.5. The van der Waals surface area contributed by atoms with Gasteiger partial charge in [-0.3, -0.25) is 0 Å². The first-order valence-corrected chi connectivity index (χ1v) is 9.33. The molecule has 2 bridgehead atoms. The lowest BCUT2D eigenvalue weighted by Gasteiger charge is -2.56. The lowest BCUT2D eigenvalue weighted by Crippen LogP contribution is -2.59. The van der Waals surface area contributed by atoms with Crippen molar-refractivity contribution < 1.29 is 5.11 Å². The molecule has 2 fully saturated rings. The van der Waals surface area contributed by atoms with Gasteiger partial charge in [0, 0.05) is 11.5 Å². The Hall–Kier alpha value is -1.02. The highest BCUT2D eigenvalue weighted by Crippen LogP contribution is 2.54. The van der Waals surface area contributed by atoms with Crippen LogP contribution < -0.4 is 5.32 Å². The number of nitrogens with one attached hydrogen (secondary N) is 1. The largest absolute Gasteiger partial charge is 0.508 e. The summed E-state index contributed by atoms with van der Waals surface area (Å²) in [4.78, 5) is 0. The van der Waals surface area contributed by atoms with Crippen LogP contribution in [-0.2, 0) is 18.3 Å². The summed E-state index contributed by atoms with van der Waals surface area (Å²) in [5, 5.41) is 14.2. The Kier molecular flexibility index (Phi) is 3.68. The molecule has 120 valence electrons. The van der Waals surface area contributed by atoms with E-state index in [9.17, 15) is 5.11 Å². The third kappa shape index (κ3) is 2.11. The second-order valence-corrected chi connectivity index (χ2v) is 7.76. The monoisotopic (exact) mass is 299 g/mol. The lowest BCUT2D eigenvalue weighted by molar-refractivity contribution is 0.0792. The SMILES string of the molecule is CCCCc1cc(O)cc2c1C[C@H]1NCC[C@@]23CCCC[C@@H]13. The zero-order valence-corrected chi connectivity index (χ0v) is 13.8. The first kappa shape index (κ1) is 14.6. The quantitative estimate of drug-likeness (QED) is 0.881. The molecule has 1 aliphatic heterocycles. The van der Waals surface area contributed by atoms with E-state index in [1.54, 1.807) is 5.56 Å². The average Bonchev–Trinajstić information content (AvgIpc) is 2.53. The second-order valence-electron chi connectivity index (χ2n) is 7.76. The van der Waals surface area contributed by atoms with E-state index in [1.807, 2.05) is 6.07 Å². The number of fused-ring (bicyclic) bond motifs is 1. The van der Waals surface area contributed by atoms with Gasteiger partial charge in [0.05, 0.1) is 0 Å². The van der Waals surface area contributed by atoms with E-state index in [2.05, 4.69) is 18.3 Å². The van der Waals surface area contributed by atoms with Gasteiger partial charge in [-0.15, -0.1) is 0 Å². The highest BCUT2D eigenvalue weighted by molar-refractivity contribution is 5.49. The van der Waals surface area contributed by atoms with E-state index in [4.69, 9.17) is 0 Å². The van der Waals surface area contributed by atoms with Crippen molar-refractivity contribution in [3.8, 4) is 5.75 Å². The molecule has 2 nitrogen and oxygen atoms in total. The number of rotatable bonds is 3. The van der Waals surface area contributed by atoms with Gasteiger partial charge in [-0.25, -0.2) is 0 Å². The highest BCUT2D eigenvalue weighted by atomic mass is 16.3. The minimum absolute atomic E-state index is 0.363. The van der Waals surface area contributed by atoms with E-state index in [0.29, 0.717) is 17.2 Å². The van der Waals surface area contributed by atoms with Gasteiger partial charge in [0.1, 0.15) is 5.75 Å². The van der Waals surface area contributed by atoms with E-state index >= 15 is 0 Å². The predicted octanol–water partition coefficient (Wildman–Crippen LogP) is 4.08. The fourth-order valence-corrected chi connectivity index (χ4v) is 5.68. The molecule has 3 atom stereocenters. The third-order valence-electron chi connectivity index (χ3n) is 6.65. The summed E-state index contributed by atoms with van der Waals surface area (Å²) in [7, 11) is 0. The predicted molar refractivity (Wildman–Crippen MR) is 90.5 cm³/mol. The smallest absolute Gasteiger partial charge is 0.116 e. The van der Waals surface area contributed by atoms with Crippen molar-refractivity contribution in [1.29, 1.82) is 0 Å². The number of phenols is 1. The molecule has 22 heavy (non-hydrogen) atoms. The lowest BCUT2D eigenvalue weighted by atomic mass is 9.52. The van der Waals surface area contributed by atoms with Gasteiger partial charge in [0.2, 0.25) is 0 Å². The minimum atomic E-state index is 0.363. The van der Waals surface area contributed by atoms with Crippen LogP contribution in [0, 0.1) is 5.92 Å². The molecule has 1 aromatic carbocycles. The van der Waals surface area contributed by atoms with Gasteiger partial charge in [-0.1, -0.05) is 26.2 Å². The van der Waals surface area contributed by atoms with Crippen LogP contribution in [0.3, 0.4) is 0 Å². The van der Waals surface area contributed by atoms with Crippen LogP contribution in [0.4, 0.5) is 0 Å². The summed E-state index contributed by atoms with van der Waals surface area (Å²) in [6, 6.07) is 4.85. The molecule has 0 unspecified atom stereocenters. The number of aryl methyl sites for hydroxylation is 1. The fourth-order valence-electron chi connectivity index (χ4n) is 5.68. The van der Waals surface area contributed by atoms with Gasteiger partial charge < -0.3 is 10.4 Å². The molecule has 1 aromatic rings. The van der Waals surface area contributed by atoms with Crippen molar-refractivity contribution in [3.63, 3.8) is 0 Å². The Balaban J connectivity index is 1.84. The molecule has 1 heterocycles. The number of piperidine rings is 1. The number of phenolic OH excluding ortho intramolecular Hbond substituents is 1. The molecule has 2 N–H and O–H groups in total. The Bertz CT molecular complexity index is 563. The molecule has 3 aliphatic rings. The average molecular weight is 299 g/mol. The highest BCUT2D eigenvalue weighted by Gasteiger charge is 2.51. The third-order valence-corrected chi connectivity index (χ3v) is 6.65. The minimum Gasteiger partial charge on any atom is -0.508 e. The van der Waals surface area contributed by atoms with Crippen molar-refractivity contribution in [2.75, 3.05) is 6.54 Å². The van der Waals surface area contributed by atoms with Crippen LogP contribution in [-0.4, -0.2) is 17.7 Å². The maximum atomic E-state index is 10.3. The normalized spacial score (nSPS) is 33.1. The molecule has 4 rings (SSSR count). The van der Waals surface area contributed by atoms with Crippen LogP contribution in [0.1, 0.15) is 68.6 Å². The molecule has 1 saturated carbocycles. The van der Waals surface area contributed by atoms with E-state index in [-0.39, 0.29) is 0 Å². The molecule has 0 amide bonds. The van der Waals surface area contributed by atoms with Gasteiger partial charge in [0.15, 0.2) is 0 Å². The van der Waals surface area contributed by atoms with Crippen molar-refractivity contribution in [3.05, 3.63) is 28.8 Å². The molecule has 0 spiro atoms. The fraction of sp³-hybridized carbons (Fsp3) is 0.700. The van der Waals surface area contributed by atoms with Crippen LogP contribution in [0.5, 0.6) is 5.75 Å². The summed E-state index contributed by atoms with van der Waals surface area (Å²) >= 11 is 0. The molecule has 1 saturated heterocycles. The van der Waals surface area contributed by atoms with Crippen molar-refractivity contribution >= 4 is 0 Å². The maximum Gasteiger partial charge on any atom is 0.116 e. The van der Waals surface area contributed by atoms with Gasteiger partial charge in [0.25, 0.3) is 0 Å². The Morgan fingerprint density at radius 1 is 1.27 bits per heavy atom. The number of hydrogen-bond donors (Lipinski definition) is 2. The van der Waals surface area contributed by atoms with E-state index < -0.39 is 0 Å². The van der Waals surface area contributed by atoms with Crippen LogP contribution >= 0.6 is 0 Å². The Morgan fingerprint density at radius 3 is 3.05 bits per heavy atom. The van der Waals surface area contributed by atoms with Gasteiger partial charge in [-0.2, -0.15) is 0 Å². The summed E-state index contributed by atoms with van der Waals surface area (Å²) in [5.41, 5.74) is 4.90. The number of unbranched alkanes of at least 4 members (excludes halogenated alkanes) is 1. The summed E-state index contributed by atoms with van der Waals surface area (Å²) in [5.74, 6) is 1.30. The Labute approximate surface area is 134 Å². The van der Waals surface area contributed by atoms with Gasteiger partial charge in [-0.05, 0) is 79.8 Å². The van der Waals surface area contributed by atoms with Crippen molar-refractivity contribution in [2.45, 2.75) is 76.2 Å². The summed E-state index contributed by atoms with van der Waals surface area (Å²) < 4.78 is 0. The molecule has 0 aromatic heterocycles. The topological polar surface area (TPSA) is 32.3 Å². The molecule has 2 heteroatoms. The number of benzene rings is 1. The molecule has 2 aliphatic carbocycles. The van der Waals surface area contributed by atoms with E-state index in [0.717, 1.165) is 18.9 Å². The van der Waals surface area contributed by atoms with Crippen LogP contribution in [0.2, 0.25) is 0 Å². The van der Waals surface area contributed by atoms with Crippen molar-refractivity contribution in [1.82, 2.24) is 5.32 Å². The molecular formula is C20H29NO. The van der Waals surface area contributed by atoms with Gasteiger partial charge >= 0.3 is 0 Å². The summed E-state index contributed by atoms with van der Waals surface area (Å²) in [6.45, 7) is 3.40. The van der Waals surface area contributed by atoms with Crippen LogP contribution in [0.15, 0.2) is 12.1 Å². The zero-order chi connectivity index (χ0) is 15.2. The van der Waals surface area contributed by atoms with E-state index in [1.165, 1.54) is 62.5 Å². The van der Waals surface area contributed by atoms with Crippen molar-refractivity contribution in [2.24, 2.45) is 5.92 Å². The second kappa shape index (κ2) is 5.56. The first-order chi connectivity index (χ1) is 10.7. The molecule has 0 radical (unpaired) electrons. The number of aromatic hydroxyl groups is 1. The number of hydrogen-bond acceptors (Lipinski definition) is 2.